The van der Waals surface area contributed by atoms with E-state index in [2.05, 4.69) is 11.6 Å². The van der Waals surface area contributed by atoms with Gasteiger partial charge in [-0.25, -0.2) is 9.37 Å². The van der Waals surface area contributed by atoms with Crippen LogP contribution in [0.15, 0.2) is 41.8 Å². The Bertz CT molecular complexity index is 574. The van der Waals surface area contributed by atoms with Crippen LogP contribution in [0.25, 0.3) is 0 Å². The first-order valence-electron chi connectivity index (χ1n) is 6.63. The van der Waals surface area contributed by atoms with E-state index in [0.29, 0.717) is 6.42 Å². The number of benzene rings is 1. The zero-order valence-corrected chi connectivity index (χ0v) is 12.4. The molecule has 0 amide bonds. The second-order valence-corrected chi connectivity index (χ2v) is 6.00. The molecule has 0 radical (unpaired) electrons. The number of hydrogen-bond donors (Lipinski definition) is 1. The van der Waals surface area contributed by atoms with Gasteiger partial charge in [0.2, 0.25) is 0 Å². The molecule has 2 aromatic rings. The van der Waals surface area contributed by atoms with Gasteiger partial charge >= 0.3 is 0 Å². The second kappa shape index (κ2) is 6.77. The molecule has 0 aliphatic carbocycles. The third-order valence-electron chi connectivity index (χ3n) is 3.08. The van der Waals surface area contributed by atoms with Crippen molar-refractivity contribution in [1.29, 1.82) is 0 Å². The zero-order chi connectivity index (χ0) is 14.5. The zero-order valence-electron chi connectivity index (χ0n) is 11.6. The van der Waals surface area contributed by atoms with Crippen LogP contribution in [0.3, 0.4) is 0 Å². The Morgan fingerprint density at radius 3 is 2.75 bits per heavy atom. The van der Waals surface area contributed by atoms with Gasteiger partial charge in [0.1, 0.15) is 5.82 Å². The first-order valence-corrected chi connectivity index (χ1v) is 7.51. The number of nitrogens with two attached hydrogens (primary N) is 1. The summed E-state index contributed by atoms with van der Waals surface area (Å²) in [5, 5.41) is 3.11. The lowest BCUT2D eigenvalue weighted by Gasteiger charge is -2.08. The van der Waals surface area contributed by atoms with Crippen molar-refractivity contribution >= 4 is 11.3 Å². The molecule has 0 fully saturated rings. The van der Waals surface area contributed by atoms with E-state index in [1.54, 1.807) is 23.5 Å². The molecule has 2 N–H and O–H groups in total. The summed E-state index contributed by atoms with van der Waals surface area (Å²) in [6.45, 7) is 5.92. The van der Waals surface area contributed by atoms with E-state index in [9.17, 15) is 4.39 Å². The largest absolute Gasteiger partial charge is 0.322 e. The lowest BCUT2D eigenvalue weighted by Crippen LogP contribution is -2.13. The Balaban J connectivity index is 1.96. The summed E-state index contributed by atoms with van der Waals surface area (Å²) in [5.74, 6) is -0.224. The molecule has 106 valence electrons. The van der Waals surface area contributed by atoms with Crippen LogP contribution in [0.5, 0.6) is 0 Å². The molecule has 4 heteroatoms. The maximum absolute atomic E-state index is 12.9. The number of halogens is 1. The third-order valence-corrected chi connectivity index (χ3v) is 4.01. The Labute approximate surface area is 123 Å². The highest BCUT2D eigenvalue weighted by molar-refractivity contribution is 7.09. The quantitative estimate of drug-likeness (QED) is 0.816. The van der Waals surface area contributed by atoms with E-state index in [1.807, 2.05) is 12.3 Å². The van der Waals surface area contributed by atoms with Crippen molar-refractivity contribution in [2.75, 3.05) is 0 Å². The van der Waals surface area contributed by atoms with Crippen LogP contribution < -0.4 is 5.73 Å². The van der Waals surface area contributed by atoms with E-state index in [4.69, 9.17) is 5.73 Å². The fourth-order valence-corrected chi connectivity index (χ4v) is 2.77. The lowest BCUT2D eigenvalue weighted by molar-refractivity contribution is 0.625. The third kappa shape index (κ3) is 4.25. The Morgan fingerprint density at radius 1 is 1.40 bits per heavy atom. The summed E-state index contributed by atoms with van der Waals surface area (Å²) in [4.78, 5) is 4.57. The topological polar surface area (TPSA) is 38.9 Å². The molecular weight excluding hydrogens is 271 g/mol. The normalized spacial score (nSPS) is 12.3. The molecule has 0 spiro atoms. The number of hydrogen-bond acceptors (Lipinski definition) is 3. The molecule has 1 heterocycles. The number of allylic oxidation sites excluding steroid dienone is 1. The predicted octanol–water partition coefficient (Wildman–Crippen LogP) is 4.03. The summed E-state index contributed by atoms with van der Waals surface area (Å²) < 4.78 is 12.9. The van der Waals surface area contributed by atoms with Crippen LogP contribution in [0.4, 0.5) is 4.39 Å². The minimum atomic E-state index is -0.224. The number of aromatic nitrogens is 1. The van der Waals surface area contributed by atoms with Crippen molar-refractivity contribution in [2.24, 2.45) is 5.73 Å². The number of aryl methyl sites for hydroxylation is 1. The average molecular weight is 290 g/mol. The minimum absolute atomic E-state index is 0.143. The van der Waals surface area contributed by atoms with E-state index < -0.39 is 0 Å². The summed E-state index contributed by atoms with van der Waals surface area (Å²) in [7, 11) is 0. The maximum atomic E-state index is 12.9. The van der Waals surface area contributed by atoms with Gasteiger partial charge in [-0.2, -0.15) is 0 Å². The van der Waals surface area contributed by atoms with Gasteiger partial charge in [-0.05, 0) is 37.5 Å². The van der Waals surface area contributed by atoms with Gasteiger partial charge in [0, 0.05) is 11.8 Å². The van der Waals surface area contributed by atoms with Crippen LogP contribution in [0.2, 0.25) is 0 Å². The summed E-state index contributed by atoms with van der Waals surface area (Å²) in [5.41, 5.74) is 9.27. The van der Waals surface area contributed by atoms with Gasteiger partial charge in [-0.15, -0.1) is 17.9 Å². The fraction of sp³-hybridized carbons (Fsp3) is 0.312. The van der Waals surface area contributed by atoms with Crippen LogP contribution in [0, 0.1) is 5.82 Å². The number of rotatable bonds is 6. The molecule has 1 atom stereocenters. The summed E-state index contributed by atoms with van der Waals surface area (Å²) in [6.07, 6.45) is 2.55. The van der Waals surface area contributed by atoms with Crippen molar-refractivity contribution in [1.82, 2.24) is 4.98 Å². The first-order chi connectivity index (χ1) is 9.54. The van der Waals surface area contributed by atoms with E-state index in [0.717, 1.165) is 34.7 Å². The maximum Gasteiger partial charge on any atom is 0.123 e. The monoisotopic (exact) mass is 290 g/mol. The van der Waals surface area contributed by atoms with Crippen molar-refractivity contribution in [3.05, 3.63) is 63.9 Å². The molecule has 0 saturated heterocycles. The molecular formula is C16H19FN2S. The average Bonchev–Trinajstić information content (AvgIpc) is 2.88. The van der Waals surface area contributed by atoms with E-state index in [1.165, 1.54) is 12.1 Å². The van der Waals surface area contributed by atoms with Crippen molar-refractivity contribution in [3.8, 4) is 0 Å². The van der Waals surface area contributed by atoms with Gasteiger partial charge in [0.15, 0.2) is 0 Å². The lowest BCUT2D eigenvalue weighted by atomic mass is 10.0. The Morgan fingerprint density at radius 2 is 2.10 bits per heavy atom. The number of thiazole rings is 1. The highest BCUT2D eigenvalue weighted by Gasteiger charge is 2.11. The molecule has 0 bridgehead atoms. The smallest absolute Gasteiger partial charge is 0.123 e. The van der Waals surface area contributed by atoms with Gasteiger partial charge in [0.25, 0.3) is 0 Å². The predicted molar refractivity (Wildman–Crippen MR) is 82.3 cm³/mol. The van der Waals surface area contributed by atoms with Crippen LogP contribution in [-0.4, -0.2) is 4.98 Å². The molecule has 0 aliphatic heterocycles. The van der Waals surface area contributed by atoms with Crippen molar-refractivity contribution < 1.29 is 4.39 Å². The highest BCUT2D eigenvalue weighted by atomic mass is 32.1. The van der Waals surface area contributed by atoms with Gasteiger partial charge < -0.3 is 5.73 Å². The summed E-state index contributed by atoms with van der Waals surface area (Å²) >= 11 is 1.64. The molecule has 0 aliphatic rings. The van der Waals surface area contributed by atoms with Crippen LogP contribution in [-0.2, 0) is 12.8 Å². The first kappa shape index (κ1) is 14.9. The molecule has 0 saturated carbocycles. The second-order valence-electron chi connectivity index (χ2n) is 5.06. The van der Waals surface area contributed by atoms with Gasteiger partial charge in [0.05, 0.1) is 16.7 Å². The molecule has 1 aromatic carbocycles. The standard InChI is InChI=1S/C16H19FN2S/c1-11(2)3-8-16-19-15(10-20-16)14(18)9-12-4-6-13(17)7-5-12/h4-7,10,14H,1,3,8-9,18H2,2H3. The van der Waals surface area contributed by atoms with E-state index in [-0.39, 0.29) is 11.9 Å². The van der Waals surface area contributed by atoms with Crippen LogP contribution in [0.1, 0.15) is 35.7 Å². The van der Waals surface area contributed by atoms with Crippen molar-refractivity contribution in [3.63, 3.8) is 0 Å². The van der Waals surface area contributed by atoms with Crippen molar-refractivity contribution in [2.45, 2.75) is 32.2 Å². The Hall–Kier alpha value is -1.52. The molecule has 2 rings (SSSR count). The van der Waals surface area contributed by atoms with Gasteiger partial charge in [-0.1, -0.05) is 17.7 Å². The molecule has 20 heavy (non-hydrogen) atoms. The fourth-order valence-electron chi connectivity index (χ4n) is 1.91. The molecule has 2 nitrogen and oxygen atoms in total. The minimum Gasteiger partial charge on any atom is -0.322 e. The molecule has 1 aromatic heterocycles. The highest BCUT2D eigenvalue weighted by Crippen LogP contribution is 2.20. The molecule has 1 unspecified atom stereocenters. The Kier molecular flexibility index (Phi) is 5.04. The van der Waals surface area contributed by atoms with E-state index >= 15 is 0 Å². The number of nitrogens with zero attached hydrogens (tertiary/aromatic N) is 1. The summed E-state index contributed by atoms with van der Waals surface area (Å²) in [6, 6.07) is 6.31. The van der Waals surface area contributed by atoms with Gasteiger partial charge in [-0.3, -0.25) is 0 Å². The SMILES string of the molecule is C=C(C)CCc1nc(C(N)Cc2ccc(F)cc2)cs1. The van der Waals surface area contributed by atoms with Crippen LogP contribution >= 0.6 is 11.3 Å².